The Morgan fingerprint density at radius 1 is 1.59 bits per heavy atom. The molecule has 0 aliphatic heterocycles. The largest absolute Gasteiger partial charge is 0.334 e. The second-order valence-corrected chi connectivity index (χ2v) is 4.57. The monoisotopic (exact) mass is 256 g/mol. The molecule has 0 fully saturated rings. The van der Waals surface area contributed by atoms with E-state index in [1.807, 2.05) is 0 Å². The van der Waals surface area contributed by atoms with Gasteiger partial charge in [0.15, 0.2) is 0 Å². The SMILES string of the molecule is C=CCNC(=O)Nc1ccc([S@](C)=O)c(F)c1. The zero-order valence-corrected chi connectivity index (χ0v) is 10.1. The average molecular weight is 256 g/mol. The lowest BCUT2D eigenvalue weighted by atomic mass is 10.3. The van der Waals surface area contributed by atoms with Crippen molar-refractivity contribution in [2.24, 2.45) is 0 Å². The number of carbonyl (C=O) groups excluding carboxylic acids is 1. The number of hydrogen-bond acceptors (Lipinski definition) is 2. The summed E-state index contributed by atoms with van der Waals surface area (Å²) in [7, 11) is -1.38. The third-order valence-electron chi connectivity index (χ3n) is 1.91. The van der Waals surface area contributed by atoms with Crippen LogP contribution in [0.4, 0.5) is 14.9 Å². The lowest BCUT2D eigenvalue weighted by molar-refractivity contribution is 0.253. The minimum absolute atomic E-state index is 0.113. The second-order valence-electron chi connectivity index (χ2n) is 3.22. The maximum atomic E-state index is 13.4. The van der Waals surface area contributed by atoms with Gasteiger partial charge in [0.2, 0.25) is 0 Å². The number of nitrogens with one attached hydrogen (secondary N) is 2. The molecule has 0 unspecified atom stereocenters. The smallest absolute Gasteiger partial charge is 0.319 e. The number of hydrogen-bond donors (Lipinski definition) is 2. The Morgan fingerprint density at radius 2 is 2.29 bits per heavy atom. The van der Waals surface area contributed by atoms with Gasteiger partial charge in [-0.3, -0.25) is 4.21 Å². The summed E-state index contributed by atoms with van der Waals surface area (Å²) in [6, 6.07) is 3.56. The Balaban J connectivity index is 2.74. The summed E-state index contributed by atoms with van der Waals surface area (Å²) in [6.45, 7) is 3.77. The van der Waals surface area contributed by atoms with Crippen molar-refractivity contribution in [3.63, 3.8) is 0 Å². The number of carbonyl (C=O) groups is 1. The highest BCUT2D eigenvalue weighted by Crippen LogP contribution is 2.16. The summed E-state index contributed by atoms with van der Waals surface area (Å²) < 4.78 is 24.5. The normalized spacial score (nSPS) is 11.6. The summed E-state index contributed by atoms with van der Waals surface area (Å²) in [5.41, 5.74) is 0.304. The first-order chi connectivity index (χ1) is 8.04. The number of amides is 2. The number of halogens is 1. The fraction of sp³-hybridized carbons (Fsp3) is 0.182. The number of rotatable bonds is 4. The van der Waals surface area contributed by atoms with E-state index in [1.165, 1.54) is 24.5 Å². The standard InChI is InChI=1S/C11H13FN2O2S/c1-3-6-13-11(15)14-8-4-5-10(17(2)16)9(12)7-8/h3-5,7H,1,6H2,2H3,(H2,13,14,15)/t17-/m0/s1. The third kappa shape index (κ3) is 3.99. The Kier molecular flexibility index (Phi) is 4.84. The van der Waals surface area contributed by atoms with Gasteiger partial charge in [-0.1, -0.05) is 6.08 Å². The van der Waals surface area contributed by atoms with Crippen LogP contribution < -0.4 is 10.6 Å². The van der Waals surface area contributed by atoms with Crippen molar-refractivity contribution in [3.8, 4) is 0 Å². The zero-order valence-electron chi connectivity index (χ0n) is 9.33. The van der Waals surface area contributed by atoms with Crippen LogP contribution in [0.1, 0.15) is 0 Å². The van der Waals surface area contributed by atoms with E-state index in [0.29, 0.717) is 12.2 Å². The quantitative estimate of drug-likeness (QED) is 0.808. The fourth-order valence-electron chi connectivity index (χ4n) is 1.15. The van der Waals surface area contributed by atoms with Crippen LogP contribution in [0.5, 0.6) is 0 Å². The molecule has 1 aromatic rings. The fourth-order valence-corrected chi connectivity index (χ4v) is 1.75. The maximum Gasteiger partial charge on any atom is 0.319 e. The van der Waals surface area contributed by atoms with Crippen molar-refractivity contribution in [3.05, 3.63) is 36.7 Å². The summed E-state index contributed by atoms with van der Waals surface area (Å²) in [5.74, 6) is -0.604. The molecule has 0 spiro atoms. The average Bonchev–Trinajstić information content (AvgIpc) is 2.26. The molecule has 0 aliphatic carbocycles. The van der Waals surface area contributed by atoms with Gasteiger partial charge >= 0.3 is 6.03 Å². The van der Waals surface area contributed by atoms with Gasteiger partial charge < -0.3 is 10.6 Å². The molecule has 4 nitrogen and oxygen atoms in total. The molecule has 1 rings (SSSR count). The van der Waals surface area contributed by atoms with Crippen molar-refractivity contribution in [1.82, 2.24) is 5.32 Å². The summed E-state index contributed by atoms with van der Waals surface area (Å²) in [4.78, 5) is 11.4. The van der Waals surface area contributed by atoms with Crippen molar-refractivity contribution in [2.45, 2.75) is 4.90 Å². The highest BCUT2D eigenvalue weighted by Gasteiger charge is 2.08. The molecule has 0 radical (unpaired) electrons. The van der Waals surface area contributed by atoms with Crippen molar-refractivity contribution in [2.75, 3.05) is 18.1 Å². The molecular weight excluding hydrogens is 243 g/mol. The van der Waals surface area contributed by atoms with Gasteiger partial charge in [-0.2, -0.15) is 0 Å². The summed E-state index contributed by atoms with van der Waals surface area (Å²) in [6.07, 6.45) is 2.92. The van der Waals surface area contributed by atoms with Crippen LogP contribution in [0.25, 0.3) is 0 Å². The Morgan fingerprint density at radius 3 is 2.82 bits per heavy atom. The van der Waals surface area contributed by atoms with Gasteiger partial charge in [-0.25, -0.2) is 9.18 Å². The lowest BCUT2D eigenvalue weighted by Crippen LogP contribution is -2.28. The predicted octanol–water partition coefficient (Wildman–Crippen LogP) is 1.87. The van der Waals surface area contributed by atoms with E-state index in [4.69, 9.17) is 0 Å². The minimum atomic E-state index is -1.38. The Bertz CT molecular complexity index is 463. The highest BCUT2D eigenvalue weighted by molar-refractivity contribution is 7.84. The molecule has 0 aromatic heterocycles. The molecule has 1 aromatic carbocycles. The second kappa shape index (κ2) is 6.15. The molecule has 0 heterocycles. The summed E-state index contributed by atoms with van der Waals surface area (Å²) in [5, 5.41) is 4.93. The molecule has 0 saturated carbocycles. The van der Waals surface area contributed by atoms with Crippen LogP contribution in [0, 0.1) is 5.82 Å². The van der Waals surface area contributed by atoms with Gasteiger partial charge in [-0.15, -0.1) is 6.58 Å². The molecule has 2 amide bonds. The first kappa shape index (κ1) is 13.4. The first-order valence-electron chi connectivity index (χ1n) is 4.83. The molecule has 1 atom stereocenters. The van der Waals surface area contributed by atoms with E-state index in [2.05, 4.69) is 17.2 Å². The van der Waals surface area contributed by atoms with Crippen LogP contribution in [0.15, 0.2) is 35.7 Å². The third-order valence-corrected chi connectivity index (χ3v) is 2.86. The van der Waals surface area contributed by atoms with Crippen LogP contribution in [-0.4, -0.2) is 23.0 Å². The predicted molar refractivity (Wildman–Crippen MR) is 66.0 cm³/mol. The molecule has 92 valence electrons. The lowest BCUT2D eigenvalue weighted by Gasteiger charge is -2.07. The maximum absolute atomic E-state index is 13.4. The molecule has 0 bridgehead atoms. The minimum Gasteiger partial charge on any atom is -0.334 e. The molecule has 0 aliphatic rings. The van der Waals surface area contributed by atoms with E-state index in [9.17, 15) is 13.4 Å². The van der Waals surface area contributed by atoms with Gasteiger partial charge in [0.25, 0.3) is 0 Å². The molecule has 6 heteroatoms. The zero-order chi connectivity index (χ0) is 12.8. The van der Waals surface area contributed by atoms with Crippen molar-refractivity contribution < 1.29 is 13.4 Å². The van der Waals surface area contributed by atoms with Gasteiger partial charge in [0, 0.05) is 18.5 Å². The molecule has 0 saturated heterocycles. The van der Waals surface area contributed by atoms with Crippen molar-refractivity contribution >= 4 is 22.5 Å². The molecule has 17 heavy (non-hydrogen) atoms. The van der Waals surface area contributed by atoms with Gasteiger partial charge in [0.05, 0.1) is 15.7 Å². The van der Waals surface area contributed by atoms with Crippen LogP contribution in [-0.2, 0) is 10.8 Å². The van der Waals surface area contributed by atoms with Crippen LogP contribution in [0.2, 0.25) is 0 Å². The van der Waals surface area contributed by atoms with Crippen LogP contribution >= 0.6 is 0 Å². The van der Waals surface area contributed by atoms with Crippen LogP contribution in [0.3, 0.4) is 0 Å². The Hall–Kier alpha value is -1.69. The van der Waals surface area contributed by atoms with Gasteiger partial charge in [-0.05, 0) is 18.2 Å². The number of benzene rings is 1. The van der Waals surface area contributed by atoms with E-state index in [1.54, 1.807) is 0 Å². The summed E-state index contributed by atoms with van der Waals surface area (Å²) >= 11 is 0. The van der Waals surface area contributed by atoms with Crippen molar-refractivity contribution in [1.29, 1.82) is 0 Å². The van der Waals surface area contributed by atoms with E-state index >= 15 is 0 Å². The Labute approximate surface area is 101 Å². The van der Waals surface area contributed by atoms with Gasteiger partial charge in [0.1, 0.15) is 5.82 Å². The topological polar surface area (TPSA) is 58.2 Å². The molecule has 2 N–H and O–H groups in total. The van der Waals surface area contributed by atoms with E-state index in [-0.39, 0.29) is 4.90 Å². The van der Waals surface area contributed by atoms with E-state index in [0.717, 1.165) is 6.07 Å². The first-order valence-corrected chi connectivity index (χ1v) is 6.39. The van der Waals surface area contributed by atoms with E-state index < -0.39 is 22.6 Å². The molecular formula is C11H13FN2O2S. The number of urea groups is 1. The number of anilines is 1. The highest BCUT2D eigenvalue weighted by atomic mass is 32.2.